The van der Waals surface area contributed by atoms with Gasteiger partial charge in [0.1, 0.15) is 18.0 Å². The number of amides is 1. The molecule has 5 nitrogen and oxygen atoms in total. The normalized spacial score (nSPS) is 16.6. The molecule has 1 amide bonds. The molecule has 0 unspecified atom stereocenters. The number of hydrogen-bond donors (Lipinski definition) is 0. The van der Waals surface area contributed by atoms with Gasteiger partial charge in [-0.3, -0.25) is 4.90 Å². The summed E-state index contributed by atoms with van der Waals surface area (Å²) in [7, 11) is 0. The van der Waals surface area contributed by atoms with Gasteiger partial charge in [-0.1, -0.05) is 15.9 Å². The van der Waals surface area contributed by atoms with Crippen LogP contribution in [0.1, 0.15) is 27.2 Å². The second-order valence-electron chi connectivity index (χ2n) is 6.96. The standard InChI is InChI=1S/C18H27BrN2O3/c1-18(2,3)24-17(22)21-10-4-9-20(11-12-21)13-14-23-16-7-5-15(19)6-8-16/h5-8H,4,9-14H2,1-3H3. The van der Waals surface area contributed by atoms with Crippen LogP contribution < -0.4 is 4.74 Å². The first kappa shape index (κ1) is 19.1. The summed E-state index contributed by atoms with van der Waals surface area (Å²) in [5.41, 5.74) is -0.443. The highest BCUT2D eigenvalue weighted by molar-refractivity contribution is 9.10. The maximum absolute atomic E-state index is 12.2. The van der Waals surface area contributed by atoms with Gasteiger partial charge in [-0.25, -0.2) is 4.79 Å². The lowest BCUT2D eigenvalue weighted by atomic mass is 10.2. The number of ether oxygens (including phenoxy) is 2. The molecule has 1 aromatic carbocycles. The van der Waals surface area contributed by atoms with Crippen molar-refractivity contribution in [3.05, 3.63) is 28.7 Å². The monoisotopic (exact) mass is 398 g/mol. The number of benzene rings is 1. The summed E-state index contributed by atoms with van der Waals surface area (Å²) < 4.78 is 12.3. The van der Waals surface area contributed by atoms with Crippen LogP contribution in [-0.2, 0) is 4.74 Å². The Morgan fingerprint density at radius 3 is 2.50 bits per heavy atom. The van der Waals surface area contributed by atoms with Crippen LogP contribution in [0.2, 0.25) is 0 Å². The summed E-state index contributed by atoms with van der Waals surface area (Å²) in [6.07, 6.45) is 0.743. The van der Waals surface area contributed by atoms with Crippen LogP contribution in [0.15, 0.2) is 28.7 Å². The lowest BCUT2D eigenvalue weighted by molar-refractivity contribution is 0.0257. The van der Waals surface area contributed by atoms with Gasteiger partial charge in [0.05, 0.1) is 0 Å². The van der Waals surface area contributed by atoms with E-state index in [2.05, 4.69) is 20.8 Å². The molecule has 0 bridgehead atoms. The molecule has 0 N–H and O–H groups in total. The van der Waals surface area contributed by atoms with E-state index in [-0.39, 0.29) is 6.09 Å². The molecule has 1 aliphatic rings. The van der Waals surface area contributed by atoms with Crippen LogP contribution in [0.5, 0.6) is 5.75 Å². The minimum atomic E-state index is -0.443. The fraction of sp³-hybridized carbons (Fsp3) is 0.611. The lowest BCUT2D eigenvalue weighted by Crippen LogP contribution is -2.39. The summed E-state index contributed by atoms with van der Waals surface area (Å²) in [5, 5.41) is 0. The number of carbonyl (C=O) groups is 1. The summed E-state index contributed by atoms with van der Waals surface area (Å²) in [5.74, 6) is 0.878. The largest absolute Gasteiger partial charge is 0.492 e. The fourth-order valence-electron chi connectivity index (χ4n) is 2.53. The predicted molar refractivity (Wildman–Crippen MR) is 98.5 cm³/mol. The second kappa shape index (κ2) is 8.72. The van der Waals surface area contributed by atoms with Crippen LogP contribution >= 0.6 is 15.9 Å². The highest BCUT2D eigenvalue weighted by atomic mass is 79.9. The first-order chi connectivity index (χ1) is 11.3. The predicted octanol–water partition coefficient (Wildman–Crippen LogP) is 3.77. The van der Waals surface area contributed by atoms with Gasteiger partial charge in [0.15, 0.2) is 0 Å². The Kier molecular flexibility index (Phi) is 6.92. The number of nitrogens with zero attached hydrogens (tertiary/aromatic N) is 2. The van der Waals surface area contributed by atoms with Crippen LogP contribution in [-0.4, -0.2) is 60.8 Å². The molecule has 0 atom stereocenters. The Morgan fingerprint density at radius 1 is 1.12 bits per heavy atom. The fourth-order valence-corrected chi connectivity index (χ4v) is 2.79. The van der Waals surface area contributed by atoms with E-state index in [4.69, 9.17) is 9.47 Å². The maximum Gasteiger partial charge on any atom is 0.410 e. The molecule has 1 fully saturated rings. The number of carbonyl (C=O) groups excluding carboxylic acids is 1. The van der Waals surface area contributed by atoms with Crippen molar-refractivity contribution in [1.82, 2.24) is 9.80 Å². The van der Waals surface area contributed by atoms with Crippen molar-refractivity contribution in [1.29, 1.82) is 0 Å². The molecular weight excluding hydrogens is 372 g/mol. The third-order valence-corrected chi connectivity index (χ3v) is 4.26. The van der Waals surface area contributed by atoms with E-state index in [1.165, 1.54) is 0 Å². The second-order valence-corrected chi connectivity index (χ2v) is 7.88. The van der Waals surface area contributed by atoms with E-state index in [1.54, 1.807) is 4.90 Å². The summed E-state index contributed by atoms with van der Waals surface area (Å²) in [4.78, 5) is 16.3. The zero-order valence-electron chi connectivity index (χ0n) is 14.8. The van der Waals surface area contributed by atoms with Crippen molar-refractivity contribution >= 4 is 22.0 Å². The molecule has 1 heterocycles. The zero-order chi connectivity index (χ0) is 17.6. The molecule has 24 heavy (non-hydrogen) atoms. The average molecular weight is 399 g/mol. The van der Waals surface area contributed by atoms with E-state index in [0.29, 0.717) is 13.2 Å². The summed E-state index contributed by atoms with van der Waals surface area (Å²) in [6, 6.07) is 7.85. The van der Waals surface area contributed by atoms with Gasteiger partial charge in [0.25, 0.3) is 0 Å². The smallest absolute Gasteiger partial charge is 0.410 e. The molecule has 134 valence electrons. The highest BCUT2D eigenvalue weighted by Gasteiger charge is 2.24. The molecule has 1 saturated heterocycles. The highest BCUT2D eigenvalue weighted by Crippen LogP contribution is 2.16. The van der Waals surface area contributed by atoms with Gasteiger partial charge in [0, 0.05) is 37.2 Å². The van der Waals surface area contributed by atoms with Gasteiger partial charge in [-0.15, -0.1) is 0 Å². The van der Waals surface area contributed by atoms with Crippen LogP contribution in [0.4, 0.5) is 4.79 Å². The van der Waals surface area contributed by atoms with Crippen LogP contribution in [0.3, 0.4) is 0 Å². The number of rotatable bonds is 4. The van der Waals surface area contributed by atoms with Crippen LogP contribution in [0, 0.1) is 0 Å². The van der Waals surface area contributed by atoms with Gasteiger partial charge < -0.3 is 14.4 Å². The summed E-state index contributed by atoms with van der Waals surface area (Å²) >= 11 is 3.41. The zero-order valence-corrected chi connectivity index (χ0v) is 16.3. The third kappa shape index (κ3) is 6.69. The third-order valence-electron chi connectivity index (χ3n) is 3.73. The Balaban J connectivity index is 1.72. The maximum atomic E-state index is 12.2. The van der Waals surface area contributed by atoms with E-state index in [9.17, 15) is 4.79 Å². The Morgan fingerprint density at radius 2 is 1.83 bits per heavy atom. The molecule has 2 rings (SSSR count). The first-order valence-electron chi connectivity index (χ1n) is 8.42. The quantitative estimate of drug-likeness (QED) is 0.773. The van der Waals surface area contributed by atoms with Crippen molar-refractivity contribution < 1.29 is 14.3 Å². The Bertz CT molecular complexity index is 528. The van der Waals surface area contributed by atoms with Gasteiger partial charge in [-0.05, 0) is 51.5 Å². The van der Waals surface area contributed by atoms with Crippen molar-refractivity contribution in [3.8, 4) is 5.75 Å². The van der Waals surface area contributed by atoms with Crippen molar-refractivity contribution in [3.63, 3.8) is 0 Å². The number of halogens is 1. The molecule has 0 radical (unpaired) electrons. The van der Waals surface area contributed by atoms with E-state index >= 15 is 0 Å². The molecular formula is C18H27BrN2O3. The van der Waals surface area contributed by atoms with E-state index in [1.807, 2.05) is 45.0 Å². The molecule has 1 aromatic rings. The molecule has 6 heteroatoms. The van der Waals surface area contributed by atoms with Crippen molar-refractivity contribution in [2.75, 3.05) is 39.3 Å². The lowest BCUT2D eigenvalue weighted by Gasteiger charge is -2.26. The van der Waals surface area contributed by atoms with Crippen LogP contribution in [0.25, 0.3) is 0 Å². The van der Waals surface area contributed by atoms with Gasteiger partial charge in [0.2, 0.25) is 0 Å². The molecule has 0 aliphatic carbocycles. The molecule has 0 saturated carbocycles. The molecule has 0 spiro atoms. The molecule has 1 aliphatic heterocycles. The van der Waals surface area contributed by atoms with Crippen molar-refractivity contribution in [2.24, 2.45) is 0 Å². The first-order valence-corrected chi connectivity index (χ1v) is 9.21. The Hall–Kier alpha value is -1.27. The van der Waals surface area contributed by atoms with E-state index < -0.39 is 5.60 Å². The average Bonchev–Trinajstić information content (AvgIpc) is 2.73. The van der Waals surface area contributed by atoms with E-state index in [0.717, 1.165) is 42.8 Å². The minimum absolute atomic E-state index is 0.213. The number of hydrogen-bond acceptors (Lipinski definition) is 4. The molecule has 0 aromatic heterocycles. The van der Waals surface area contributed by atoms with Gasteiger partial charge >= 0.3 is 6.09 Å². The van der Waals surface area contributed by atoms with Crippen molar-refractivity contribution in [2.45, 2.75) is 32.8 Å². The SMILES string of the molecule is CC(C)(C)OC(=O)N1CCCN(CCOc2ccc(Br)cc2)CC1. The topological polar surface area (TPSA) is 42.0 Å². The minimum Gasteiger partial charge on any atom is -0.492 e. The summed E-state index contributed by atoms with van der Waals surface area (Å²) in [6.45, 7) is 10.5. The van der Waals surface area contributed by atoms with Gasteiger partial charge in [-0.2, -0.15) is 0 Å². The Labute approximate surface area is 153 Å².